The highest BCUT2D eigenvalue weighted by Gasteiger charge is 2.11. The molecule has 0 saturated carbocycles. The van der Waals surface area contributed by atoms with E-state index in [2.05, 4.69) is 33.8 Å². The average Bonchev–Trinajstić information content (AvgIpc) is 2.01. The van der Waals surface area contributed by atoms with E-state index in [1.165, 1.54) is 12.0 Å². The minimum absolute atomic E-state index is 0.696. The number of hydrogen-bond acceptors (Lipinski definition) is 1. The summed E-state index contributed by atoms with van der Waals surface area (Å²) in [5, 5.41) is 0. The first-order valence-corrected chi connectivity index (χ1v) is 4.68. The zero-order chi connectivity index (χ0) is 9.56. The second kappa shape index (κ2) is 5.87. The quantitative estimate of drug-likeness (QED) is 0.640. The third-order valence-electron chi connectivity index (χ3n) is 2.30. The fraction of sp³-hybridized carbons (Fsp3) is 0.636. The molecule has 0 heterocycles. The van der Waals surface area contributed by atoms with Crippen LogP contribution in [0.3, 0.4) is 0 Å². The number of nitrogens with two attached hydrogens (primary N) is 1. The fourth-order valence-corrected chi connectivity index (χ4v) is 1.65. The molecule has 0 aliphatic heterocycles. The van der Waals surface area contributed by atoms with E-state index in [1.807, 2.05) is 6.08 Å². The maximum absolute atomic E-state index is 5.27. The molecule has 0 aliphatic carbocycles. The van der Waals surface area contributed by atoms with Crippen LogP contribution in [0.5, 0.6) is 0 Å². The maximum atomic E-state index is 5.27. The Labute approximate surface area is 76.3 Å². The predicted molar refractivity (Wildman–Crippen MR) is 55.7 cm³/mol. The van der Waals surface area contributed by atoms with Crippen LogP contribution >= 0.6 is 0 Å². The number of allylic oxidation sites excluding steroid dienone is 3. The van der Waals surface area contributed by atoms with Gasteiger partial charge in [-0.1, -0.05) is 32.4 Å². The topological polar surface area (TPSA) is 26.0 Å². The highest BCUT2D eigenvalue weighted by Crippen LogP contribution is 2.23. The van der Waals surface area contributed by atoms with Gasteiger partial charge in [-0.15, -0.1) is 0 Å². The van der Waals surface area contributed by atoms with E-state index in [0.29, 0.717) is 5.92 Å². The molecule has 0 spiro atoms. The van der Waals surface area contributed by atoms with Crippen LogP contribution in [0.15, 0.2) is 23.9 Å². The highest BCUT2D eigenvalue weighted by atomic mass is 14.5. The van der Waals surface area contributed by atoms with Crippen molar-refractivity contribution >= 4 is 0 Å². The Kier molecular flexibility index (Phi) is 5.52. The van der Waals surface area contributed by atoms with Gasteiger partial charge in [0.25, 0.3) is 0 Å². The highest BCUT2D eigenvalue weighted by molar-refractivity contribution is 5.12. The molecule has 0 aromatic carbocycles. The van der Waals surface area contributed by atoms with Gasteiger partial charge >= 0.3 is 0 Å². The third kappa shape index (κ3) is 3.61. The number of rotatable bonds is 4. The van der Waals surface area contributed by atoms with Crippen molar-refractivity contribution in [3.05, 3.63) is 23.9 Å². The van der Waals surface area contributed by atoms with Crippen LogP contribution in [-0.2, 0) is 0 Å². The summed E-state index contributed by atoms with van der Waals surface area (Å²) < 4.78 is 0. The molecule has 12 heavy (non-hydrogen) atoms. The summed E-state index contributed by atoms with van der Waals surface area (Å²) in [4.78, 5) is 0. The molecule has 1 nitrogen and oxygen atoms in total. The Hall–Kier alpha value is -0.720. The van der Waals surface area contributed by atoms with Crippen LogP contribution in [0.2, 0.25) is 0 Å². The van der Waals surface area contributed by atoms with Gasteiger partial charge in [-0.25, -0.2) is 0 Å². The fourth-order valence-electron chi connectivity index (χ4n) is 1.65. The minimum atomic E-state index is 0.696. The van der Waals surface area contributed by atoms with Crippen LogP contribution in [0.4, 0.5) is 0 Å². The largest absolute Gasteiger partial charge is 0.405 e. The van der Waals surface area contributed by atoms with Crippen molar-refractivity contribution in [2.24, 2.45) is 17.6 Å². The Balaban J connectivity index is 4.30. The molecule has 0 saturated heterocycles. The van der Waals surface area contributed by atoms with E-state index in [-0.39, 0.29) is 0 Å². The SMILES string of the molecule is CCC(/C(C)=C\C=C/N)C(C)C. The van der Waals surface area contributed by atoms with Gasteiger partial charge < -0.3 is 5.73 Å². The van der Waals surface area contributed by atoms with Crippen molar-refractivity contribution in [3.63, 3.8) is 0 Å². The molecular weight excluding hydrogens is 146 g/mol. The van der Waals surface area contributed by atoms with Gasteiger partial charge in [0.05, 0.1) is 0 Å². The molecule has 0 fully saturated rings. The molecule has 0 aliphatic rings. The van der Waals surface area contributed by atoms with Gasteiger partial charge in [0.1, 0.15) is 0 Å². The van der Waals surface area contributed by atoms with Gasteiger partial charge in [-0.05, 0) is 37.5 Å². The van der Waals surface area contributed by atoms with E-state index in [4.69, 9.17) is 5.73 Å². The lowest BCUT2D eigenvalue weighted by molar-refractivity contribution is 0.430. The van der Waals surface area contributed by atoms with Crippen molar-refractivity contribution in [2.45, 2.75) is 34.1 Å². The summed E-state index contributed by atoms with van der Waals surface area (Å²) in [5.41, 5.74) is 6.69. The van der Waals surface area contributed by atoms with Crippen LogP contribution < -0.4 is 5.73 Å². The van der Waals surface area contributed by atoms with Gasteiger partial charge in [0.15, 0.2) is 0 Å². The lowest BCUT2D eigenvalue weighted by Crippen LogP contribution is -2.08. The molecule has 70 valence electrons. The molecule has 1 unspecified atom stereocenters. The van der Waals surface area contributed by atoms with Gasteiger partial charge in [-0.3, -0.25) is 0 Å². The molecule has 0 rings (SSSR count). The lowest BCUT2D eigenvalue weighted by Gasteiger charge is -2.19. The molecule has 0 aromatic heterocycles. The van der Waals surface area contributed by atoms with Gasteiger partial charge in [0, 0.05) is 0 Å². The summed E-state index contributed by atoms with van der Waals surface area (Å²) in [5.74, 6) is 1.42. The molecule has 0 radical (unpaired) electrons. The summed E-state index contributed by atoms with van der Waals surface area (Å²) in [6.07, 6.45) is 6.80. The zero-order valence-corrected chi connectivity index (χ0v) is 8.67. The number of hydrogen-bond donors (Lipinski definition) is 1. The average molecular weight is 167 g/mol. The van der Waals surface area contributed by atoms with E-state index in [9.17, 15) is 0 Å². The molecule has 1 atom stereocenters. The first-order chi connectivity index (χ1) is 5.63. The third-order valence-corrected chi connectivity index (χ3v) is 2.30. The van der Waals surface area contributed by atoms with Crippen molar-refractivity contribution in [1.29, 1.82) is 0 Å². The normalized spacial score (nSPS) is 15.9. The standard InChI is InChI=1S/C11H21N/c1-5-11(9(2)3)10(4)7-6-8-12/h6-9,11H,5,12H2,1-4H3/b8-6-,10-7-. The molecule has 0 amide bonds. The molecule has 0 bridgehead atoms. The first kappa shape index (κ1) is 11.3. The lowest BCUT2D eigenvalue weighted by atomic mass is 9.87. The minimum Gasteiger partial charge on any atom is -0.405 e. The van der Waals surface area contributed by atoms with Crippen LogP contribution in [0.25, 0.3) is 0 Å². The first-order valence-electron chi connectivity index (χ1n) is 4.68. The maximum Gasteiger partial charge on any atom is -0.00624 e. The van der Waals surface area contributed by atoms with Crippen molar-refractivity contribution in [3.8, 4) is 0 Å². The van der Waals surface area contributed by atoms with Crippen molar-refractivity contribution < 1.29 is 0 Å². The molecule has 1 heteroatoms. The zero-order valence-electron chi connectivity index (χ0n) is 8.67. The Morgan fingerprint density at radius 1 is 1.42 bits per heavy atom. The predicted octanol–water partition coefficient (Wildman–Crippen LogP) is 3.09. The van der Waals surface area contributed by atoms with Gasteiger partial charge in [-0.2, -0.15) is 0 Å². The second-order valence-corrected chi connectivity index (χ2v) is 3.55. The van der Waals surface area contributed by atoms with Crippen LogP contribution in [0, 0.1) is 11.8 Å². The molecule has 2 N–H and O–H groups in total. The van der Waals surface area contributed by atoms with Crippen LogP contribution in [-0.4, -0.2) is 0 Å². The molecule has 0 aromatic rings. The van der Waals surface area contributed by atoms with E-state index in [1.54, 1.807) is 6.20 Å². The van der Waals surface area contributed by atoms with E-state index < -0.39 is 0 Å². The van der Waals surface area contributed by atoms with Crippen molar-refractivity contribution in [2.75, 3.05) is 0 Å². The molecular formula is C11H21N. The van der Waals surface area contributed by atoms with E-state index in [0.717, 1.165) is 5.92 Å². The monoisotopic (exact) mass is 167 g/mol. The summed E-state index contributed by atoms with van der Waals surface area (Å²) in [6, 6.07) is 0. The summed E-state index contributed by atoms with van der Waals surface area (Å²) in [6.45, 7) is 8.93. The van der Waals surface area contributed by atoms with Crippen LogP contribution in [0.1, 0.15) is 34.1 Å². The summed E-state index contributed by atoms with van der Waals surface area (Å²) in [7, 11) is 0. The van der Waals surface area contributed by atoms with Crippen molar-refractivity contribution in [1.82, 2.24) is 0 Å². The Morgan fingerprint density at radius 3 is 2.33 bits per heavy atom. The second-order valence-electron chi connectivity index (χ2n) is 3.55. The smallest absolute Gasteiger partial charge is 0.00624 e. The van der Waals surface area contributed by atoms with Gasteiger partial charge in [0.2, 0.25) is 0 Å². The van der Waals surface area contributed by atoms with E-state index >= 15 is 0 Å². The Morgan fingerprint density at radius 2 is 2.00 bits per heavy atom. The Bertz CT molecular complexity index is 166. The summed E-state index contributed by atoms with van der Waals surface area (Å²) >= 11 is 0.